The third-order valence-electron chi connectivity index (χ3n) is 3.51. The molecule has 30 heavy (non-hydrogen) atoms. The molecule has 6 nitrogen and oxygen atoms in total. The van der Waals surface area contributed by atoms with Crippen molar-refractivity contribution in [3.63, 3.8) is 0 Å². The Kier molecular flexibility index (Phi) is 8.82. The number of ether oxygens (including phenoxy) is 2. The molecule has 0 heterocycles. The monoisotopic (exact) mass is 486 g/mol. The van der Waals surface area contributed by atoms with Crippen molar-refractivity contribution in [1.29, 1.82) is 5.26 Å². The second-order valence-electron chi connectivity index (χ2n) is 5.66. The summed E-state index contributed by atoms with van der Waals surface area (Å²) in [5, 5.41) is 12.7. The summed E-state index contributed by atoms with van der Waals surface area (Å²) >= 11 is 24.1. The molecular weight excluding hydrogens is 474 g/mol. The van der Waals surface area contributed by atoms with E-state index in [4.69, 9.17) is 55.9 Å². The summed E-state index contributed by atoms with van der Waals surface area (Å²) in [6, 6.07) is 9.22. The minimum absolute atomic E-state index is 0.0855. The maximum Gasteiger partial charge on any atom is 0.344 e. The summed E-state index contributed by atoms with van der Waals surface area (Å²) in [5.41, 5.74) is 0.553. The van der Waals surface area contributed by atoms with Crippen molar-refractivity contribution >= 4 is 70.0 Å². The Bertz CT molecular complexity index is 1020. The Morgan fingerprint density at radius 3 is 2.30 bits per heavy atom. The first-order valence-electron chi connectivity index (χ1n) is 8.40. The van der Waals surface area contributed by atoms with Crippen LogP contribution in [0.25, 0.3) is 6.08 Å². The van der Waals surface area contributed by atoms with Gasteiger partial charge >= 0.3 is 5.97 Å². The van der Waals surface area contributed by atoms with E-state index in [0.29, 0.717) is 16.3 Å². The second-order valence-corrected chi connectivity index (χ2v) is 7.29. The fourth-order valence-corrected chi connectivity index (χ4v) is 3.13. The van der Waals surface area contributed by atoms with E-state index in [9.17, 15) is 14.9 Å². The molecule has 0 saturated carbocycles. The molecule has 0 fully saturated rings. The topological polar surface area (TPSA) is 88.4 Å². The molecule has 0 aliphatic carbocycles. The molecule has 2 rings (SSSR count). The summed E-state index contributed by atoms with van der Waals surface area (Å²) in [6.07, 6.45) is 1.31. The predicted molar refractivity (Wildman–Crippen MR) is 117 cm³/mol. The van der Waals surface area contributed by atoms with Crippen molar-refractivity contribution in [2.24, 2.45) is 0 Å². The number of carbonyl (C=O) groups is 2. The van der Waals surface area contributed by atoms with E-state index in [2.05, 4.69) is 5.32 Å². The summed E-state index contributed by atoms with van der Waals surface area (Å²) in [7, 11) is 0. The first-order chi connectivity index (χ1) is 14.2. The third-order valence-corrected chi connectivity index (χ3v) is 4.81. The molecule has 1 N–H and O–H groups in total. The highest BCUT2D eigenvalue weighted by molar-refractivity contribution is 6.42. The number of hydrogen-bond donors (Lipinski definition) is 1. The van der Waals surface area contributed by atoms with E-state index in [1.165, 1.54) is 30.3 Å². The molecule has 0 atom stereocenters. The van der Waals surface area contributed by atoms with Crippen molar-refractivity contribution in [2.45, 2.75) is 6.92 Å². The summed E-state index contributed by atoms with van der Waals surface area (Å²) in [6.45, 7) is 1.52. The lowest BCUT2D eigenvalue weighted by Crippen LogP contribution is -2.15. The van der Waals surface area contributed by atoms with E-state index in [1.807, 2.05) is 6.07 Å². The molecule has 0 aliphatic rings. The van der Waals surface area contributed by atoms with Crippen molar-refractivity contribution in [3.05, 3.63) is 61.6 Å². The highest BCUT2D eigenvalue weighted by Crippen LogP contribution is 2.35. The van der Waals surface area contributed by atoms with Gasteiger partial charge in [-0.2, -0.15) is 5.26 Å². The van der Waals surface area contributed by atoms with E-state index < -0.39 is 11.9 Å². The Labute approximate surface area is 192 Å². The van der Waals surface area contributed by atoms with Crippen LogP contribution in [0.3, 0.4) is 0 Å². The molecule has 1 amide bonds. The predicted octanol–water partition coefficient (Wildman–Crippen LogP) is 5.79. The number of nitrogens with one attached hydrogen (secondary N) is 1. The quantitative estimate of drug-likeness (QED) is 0.303. The van der Waals surface area contributed by atoms with Gasteiger partial charge < -0.3 is 14.8 Å². The largest absolute Gasteiger partial charge is 0.479 e. The van der Waals surface area contributed by atoms with Crippen LogP contribution in [0.2, 0.25) is 20.1 Å². The number of rotatable bonds is 7. The zero-order chi connectivity index (χ0) is 22.3. The molecule has 0 aromatic heterocycles. The first kappa shape index (κ1) is 23.8. The molecule has 0 radical (unpaired) electrons. The molecule has 0 aliphatic heterocycles. The van der Waals surface area contributed by atoms with Crippen molar-refractivity contribution in [1.82, 2.24) is 0 Å². The minimum atomic E-state index is -0.661. The Morgan fingerprint density at radius 2 is 1.73 bits per heavy atom. The van der Waals surface area contributed by atoms with Gasteiger partial charge in [-0.3, -0.25) is 4.79 Å². The number of nitrogens with zero attached hydrogens (tertiary/aromatic N) is 1. The van der Waals surface area contributed by atoms with Gasteiger partial charge in [-0.25, -0.2) is 4.79 Å². The van der Waals surface area contributed by atoms with Crippen LogP contribution in [0.15, 0.2) is 35.9 Å². The molecule has 156 valence electrons. The number of nitriles is 1. The van der Waals surface area contributed by atoms with Gasteiger partial charge in [0.2, 0.25) is 0 Å². The Balaban J connectivity index is 2.20. The molecule has 0 saturated heterocycles. The number of esters is 1. The van der Waals surface area contributed by atoms with Gasteiger partial charge in [-0.15, -0.1) is 0 Å². The van der Waals surface area contributed by atoms with Crippen molar-refractivity contribution in [2.75, 3.05) is 18.5 Å². The van der Waals surface area contributed by atoms with Crippen LogP contribution in [0, 0.1) is 11.3 Å². The second kappa shape index (κ2) is 11.1. The standard InChI is InChI=1S/C20H14Cl4N2O4/c1-2-29-18(27)10-30-19-16(23)6-11(7-17(19)24)5-12(9-25)20(28)26-13-3-4-14(21)15(22)8-13/h3-8H,2,10H2,1H3,(H,26,28)/b12-5+. The molecule has 2 aromatic rings. The highest BCUT2D eigenvalue weighted by Gasteiger charge is 2.14. The smallest absolute Gasteiger partial charge is 0.344 e. The van der Waals surface area contributed by atoms with Gasteiger partial charge in [0, 0.05) is 5.69 Å². The number of halogens is 4. The number of anilines is 1. The first-order valence-corrected chi connectivity index (χ1v) is 9.92. The van der Waals surface area contributed by atoms with Gasteiger partial charge in [0.15, 0.2) is 12.4 Å². The fourth-order valence-electron chi connectivity index (χ4n) is 2.22. The summed E-state index contributed by atoms with van der Waals surface area (Å²) in [5.74, 6) is -1.15. The maximum absolute atomic E-state index is 12.4. The van der Waals surface area contributed by atoms with Crippen LogP contribution in [0.1, 0.15) is 12.5 Å². The zero-order valence-electron chi connectivity index (χ0n) is 15.5. The van der Waals surface area contributed by atoms with Crippen molar-refractivity contribution < 1.29 is 19.1 Å². The normalized spacial score (nSPS) is 10.9. The summed E-state index contributed by atoms with van der Waals surface area (Å²) in [4.78, 5) is 23.8. The van der Waals surface area contributed by atoms with Gasteiger partial charge in [-0.1, -0.05) is 46.4 Å². The van der Waals surface area contributed by atoms with Gasteiger partial charge in [0.25, 0.3) is 5.91 Å². The molecule has 2 aromatic carbocycles. The highest BCUT2D eigenvalue weighted by atomic mass is 35.5. The SMILES string of the molecule is CCOC(=O)COc1c(Cl)cc(/C=C(\C#N)C(=O)Nc2ccc(Cl)c(Cl)c2)cc1Cl. The minimum Gasteiger partial charge on any atom is -0.479 e. The average Bonchev–Trinajstić information content (AvgIpc) is 2.68. The fraction of sp³-hybridized carbons (Fsp3) is 0.150. The van der Waals surface area contributed by atoms with E-state index >= 15 is 0 Å². The molecular formula is C20H14Cl4N2O4. The van der Waals surface area contributed by atoms with Gasteiger partial charge in [-0.05, 0) is 48.9 Å². The van der Waals surface area contributed by atoms with Crippen LogP contribution in [0.5, 0.6) is 5.75 Å². The lowest BCUT2D eigenvalue weighted by atomic mass is 10.1. The average molecular weight is 488 g/mol. The maximum atomic E-state index is 12.4. The van der Waals surface area contributed by atoms with Crippen LogP contribution < -0.4 is 10.1 Å². The van der Waals surface area contributed by atoms with E-state index in [0.717, 1.165) is 0 Å². The molecule has 10 heteroatoms. The zero-order valence-corrected chi connectivity index (χ0v) is 18.5. The van der Waals surface area contributed by atoms with E-state index in [-0.39, 0.29) is 39.6 Å². The molecule has 0 bridgehead atoms. The Hall–Kier alpha value is -2.43. The lowest BCUT2D eigenvalue weighted by Gasteiger charge is -2.10. The Morgan fingerprint density at radius 1 is 1.07 bits per heavy atom. The number of amides is 1. The van der Waals surface area contributed by atoms with Gasteiger partial charge in [0.1, 0.15) is 11.6 Å². The lowest BCUT2D eigenvalue weighted by molar-refractivity contribution is -0.145. The van der Waals surface area contributed by atoms with Gasteiger partial charge in [0.05, 0.1) is 26.7 Å². The molecule has 0 unspecified atom stereocenters. The molecule has 0 spiro atoms. The van der Waals surface area contributed by atoms with Crippen LogP contribution in [-0.4, -0.2) is 25.1 Å². The van der Waals surface area contributed by atoms with E-state index in [1.54, 1.807) is 13.0 Å². The van der Waals surface area contributed by atoms with Crippen LogP contribution in [0.4, 0.5) is 5.69 Å². The van der Waals surface area contributed by atoms with Crippen LogP contribution >= 0.6 is 46.4 Å². The number of carbonyl (C=O) groups excluding carboxylic acids is 2. The number of hydrogen-bond acceptors (Lipinski definition) is 5. The summed E-state index contributed by atoms with van der Waals surface area (Å²) < 4.78 is 10.1. The number of benzene rings is 2. The third kappa shape index (κ3) is 6.54. The van der Waals surface area contributed by atoms with Crippen LogP contribution in [-0.2, 0) is 14.3 Å². The van der Waals surface area contributed by atoms with Crippen molar-refractivity contribution in [3.8, 4) is 11.8 Å².